The van der Waals surface area contributed by atoms with Gasteiger partial charge in [0.1, 0.15) is 17.3 Å². The van der Waals surface area contributed by atoms with E-state index in [4.69, 9.17) is 9.15 Å². The van der Waals surface area contributed by atoms with Gasteiger partial charge in [-0.15, -0.1) is 11.3 Å². The van der Waals surface area contributed by atoms with E-state index in [-0.39, 0.29) is 6.54 Å². The number of furan rings is 1. The molecule has 0 aliphatic rings. The molecule has 128 valence electrons. The van der Waals surface area contributed by atoms with E-state index >= 15 is 0 Å². The average molecular weight is 356 g/mol. The second kappa shape index (κ2) is 7.67. The van der Waals surface area contributed by atoms with Gasteiger partial charge in [0, 0.05) is 0 Å². The number of hydrogen-bond acceptors (Lipinski definition) is 5. The standard InChI is InChI=1S/C18H16N2O4S/c1-23-14-6-3-2-5-13(14)20-18(22)17(21)19-11-12-8-9-15(24-12)16-7-4-10-25-16/h2-10H,11H2,1H3,(H,19,21)(H,20,22). The van der Waals surface area contributed by atoms with Crippen molar-refractivity contribution in [2.75, 3.05) is 12.4 Å². The first-order valence-corrected chi connectivity index (χ1v) is 8.40. The summed E-state index contributed by atoms with van der Waals surface area (Å²) >= 11 is 1.57. The Morgan fingerprint density at radius 1 is 1.08 bits per heavy atom. The quantitative estimate of drug-likeness (QED) is 0.688. The lowest BCUT2D eigenvalue weighted by Gasteiger charge is -2.09. The van der Waals surface area contributed by atoms with E-state index < -0.39 is 11.8 Å². The molecule has 0 aliphatic carbocycles. The molecule has 2 aromatic heterocycles. The molecule has 3 aromatic rings. The van der Waals surface area contributed by atoms with Gasteiger partial charge in [0.15, 0.2) is 0 Å². The summed E-state index contributed by atoms with van der Waals surface area (Å²) in [6.45, 7) is 0.129. The smallest absolute Gasteiger partial charge is 0.313 e. The SMILES string of the molecule is COc1ccccc1NC(=O)C(=O)NCc1ccc(-c2cccs2)o1. The number of thiophene rings is 1. The van der Waals surface area contributed by atoms with Crippen LogP contribution in [0.25, 0.3) is 10.6 Å². The Labute approximate surface area is 148 Å². The molecule has 0 saturated carbocycles. The van der Waals surface area contributed by atoms with Gasteiger partial charge in [-0.1, -0.05) is 18.2 Å². The third kappa shape index (κ3) is 4.07. The van der Waals surface area contributed by atoms with Gasteiger partial charge in [-0.2, -0.15) is 0 Å². The van der Waals surface area contributed by atoms with Gasteiger partial charge in [0.2, 0.25) is 0 Å². The molecule has 0 bridgehead atoms. The van der Waals surface area contributed by atoms with Crippen LogP contribution in [0.15, 0.2) is 58.3 Å². The minimum Gasteiger partial charge on any atom is -0.495 e. The van der Waals surface area contributed by atoms with Crippen molar-refractivity contribution in [3.8, 4) is 16.4 Å². The van der Waals surface area contributed by atoms with Gasteiger partial charge in [-0.3, -0.25) is 9.59 Å². The Bertz CT molecular complexity index is 871. The summed E-state index contributed by atoms with van der Waals surface area (Å²) in [5, 5.41) is 7.01. The van der Waals surface area contributed by atoms with Crippen molar-refractivity contribution in [1.82, 2.24) is 5.32 Å². The maximum absolute atomic E-state index is 12.0. The topological polar surface area (TPSA) is 80.6 Å². The molecule has 25 heavy (non-hydrogen) atoms. The van der Waals surface area contributed by atoms with Gasteiger partial charge in [0.25, 0.3) is 0 Å². The van der Waals surface area contributed by atoms with Crippen LogP contribution >= 0.6 is 11.3 Å². The van der Waals surface area contributed by atoms with E-state index in [9.17, 15) is 9.59 Å². The van der Waals surface area contributed by atoms with Crippen molar-refractivity contribution in [2.24, 2.45) is 0 Å². The van der Waals surface area contributed by atoms with E-state index in [1.165, 1.54) is 7.11 Å². The molecule has 2 amide bonds. The summed E-state index contributed by atoms with van der Waals surface area (Å²) in [7, 11) is 1.49. The zero-order valence-corrected chi connectivity index (χ0v) is 14.3. The molecule has 2 N–H and O–H groups in total. The van der Waals surface area contributed by atoms with Crippen LogP contribution in [0.4, 0.5) is 5.69 Å². The van der Waals surface area contributed by atoms with Crippen molar-refractivity contribution in [3.63, 3.8) is 0 Å². The molecule has 0 saturated heterocycles. The number of amides is 2. The molecule has 0 aliphatic heterocycles. The number of rotatable bonds is 5. The molecule has 0 fully saturated rings. The number of benzene rings is 1. The van der Waals surface area contributed by atoms with E-state index in [0.29, 0.717) is 17.2 Å². The largest absolute Gasteiger partial charge is 0.495 e. The first kappa shape index (κ1) is 16.8. The number of para-hydroxylation sites is 2. The number of nitrogens with one attached hydrogen (secondary N) is 2. The molecule has 1 aromatic carbocycles. The van der Waals surface area contributed by atoms with Crippen molar-refractivity contribution >= 4 is 28.8 Å². The highest BCUT2D eigenvalue weighted by Gasteiger charge is 2.16. The van der Waals surface area contributed by atoms with Crippen LogP contribution in [0.1, 0.15) is 5.76 Å². The third-order valence-electron chi connectivity index (χ3n) is 3.41. The number of hydrogen-bond donors (Lipinski definition) is 2. The molecule has 7 heteroatoms. The first-order valence-electron chi connectivity index (χ1n) is 7.52. The highest BCUT2D eigenvalue weighted by molar-refractivity contribution is 7.13. The van der Waals surface area contributed by atoms with Crippen LogP contribution < -0.4 is 15.4 Å². The summed E-state index contributed by atoms with van der Waals surface area (Å²) in [5.41, 5.74) is 0.433. The summed E-state index contributed by atoms with van der Waals surface area (Å²) in [5.74, 6) is 0.268. The molecule has 0 atom stereocenters. The molecular weight excluding hydrogens is 340 g/mol. The number of methoxy groups -OCH3 is 1. The lowest BCUT2D eigenvalue weighted by Crippen LogP contribution is -2.34. The van der Waals surface area contributed by atoms with Crippen molar-refractivity contribution in [1.29, 1.82) is 0 Å². The van der Waals surface area contributed by atoms with Crippen molar-refractivity contribution < 1.29 is 18.7 Å². The minimum atomic E-state index is -0.769. The summed E-state index contributed by atoms with van der Waals surface area (Å²) in [6.07, 6.45) is 0. The Kier molecular flexibility index (Phi) is 5.15. The fourth-order valence-corrected chi connectivity index (χ4v) is 2.89. The van der Waals surface area contributed by atoms with Crippen LogP contribution in [-0.2, 0) is 16.1 Å². The van der Waals surface area contributed by atoms with E-state index in [1.807, 2.05) is 23.6 Å². The maximum Gasteiger partial charge on any atom is 0.313 e. The maximum atomic E-state index is 12.0. The average Bonchev–Trinajstić information content (AvgIpc) is 3.31. The van der Waals surface area contributed by atoms with Gasteiger partial charge >= 0.3 is 11.8 Å². The molecule has 0 unspecified atom stereocenters. The Morgan fingerprint density at radius 3 is 2.68 bits per heavy atom. The lowest BCUT2D eigenvalue weighted by atomic mass is 10.3. The van der Waals surface area contributed by atoms with Crippen LogP contribution in [0.2, 0.25) is 0 Å². The fourth-order valence-electron chi connectivity index (χ4n) is 2.20. The summed E-state index contributed by atoms with van der Waals surface area (Å²) in [4.78, 5) is 24.9. The van der Waals surface area contributed by atoms with Gasteiger partial charge in [0.05, 0.1) is 24.2 Å². The number of carbonyl (C=O) groups excluding carboxylic acids is 2. The number of carbonyl (C=O) groups is 2. The van der Waals surface area contributed by atoms with Crippen LogP contribution in [0, 0.1) is 0 Å². The normalized spacial score (nSPS) is 10.3. The molecule has 3 rings (SSSR count). The van der Waals surface area contributed by atoms with E-state index in [2.05, 4.69) is 10.6 Å². The van der Waals surface area contributed by atoms with Crippen LogP contribution in [0.3, 0.4) is 0 Å². The van der Waals surface area contributed by atoms with Gasteiger partial charge < -0.3 is 19.8 Å². The van der Waals surface area contributed by atoms with Crippen LogP contribution in [-0.4, -0.2) is 18.9 Å². The molecule has 6 nitrogen and oxygen atoms in total. The number of ether oxygens (including phenoxy) is 1. The highest BCUT2D eigenvalue weighted by Crippen LogP contribution is 2.26. The second-order valence-corrected chi connectivity index (χ2v) is 6.03. The second-order valence-electron chi connectivity index (χ2n) is 5.08. The summed E-state index contributed by atoms with van der Waals surface area (Å²) < 4.78 is 10.8. The minimum absolute atomic E-state index is 0.129. The van der Waals surface area contributed by atoms with Crippen molar-refractivity contribution in [3.05, 3.63) is 59.7 Å². The molecule has 0 radical (unpaired) electrons. The Balaban J connectivity index is 1.56. The molecular formula is C18H16N2O4S. The molecule has 0 spiro atoms. The number of anilines is 1. The van der Waals surface area contributed by atoms with Gasteiger partial charge in [-0.05, 0) is 35.7 Å². The van der Waals surface area contributed by atoms with E-state index in [1.54, 1.807) is 41.7 Å². The predicted molar refractivity (Wildman–Crippen MR) is 95.5 cm³/mol. The lowest BCUT2D eigenvalue weighted by molar-refractivity contribution is -0.136. The third-order valence-corrected chi connectivity index (χ3v) is 4.29. The zero-order chi connectivity index (χ0) is 17.6. The monoisotopic (exact) mass is 356 g/mol. The van der Waals surface area contributed by atoms with Crippen LogP contribution in [0.5, 0.6) is 5.75 Å². The van der Waals surface area contributed by atoms with Gasteiger partial charge in [-0.25, -0.2) is 0 Å². The zero-order valence-electron chi connectivity index (χ0n) is 13.4. The van der Waals surface area contributed by atoms with Crippen molar-refractivity contribution in [2.45, 2.75) is 6.54 Å². The Hall–Kier alpha value is -3.06. The first-order chi connectivity index (χ1) is 12.2. The predicted octanol–water partition coefficient (Wildman–Crippen LogP) is 3.27. The summed E-state index contributed by atoms with van der Waals surface area (Å²) in [6, 6.07) is 14.4. The fraction of sp³-hybridized carbons (Fsp3) is 0.111. The Morgan fingerprint density at radius 2 is 1.92 bits per heavy atom. The van der Waals surface area contributed by atoms with E-state index in [0.717, 1.165) is 10.6 Å². The molecule has 2 heterocycles. The highest BCUT2D eigenvalue weighted by atomic mass is 32.1.